The molecule has 0 aromatic carbocycles. The highest BCUT2D eigenvalue weighted by atomic mass is 32.7. The molecule has 139 heavy (non-hydrogen) atoms. The van der Waals surface area contributed by atoms with Gasteiger partial charge in [0.15, 0.2) is 111 Å². The number of halogens is 6. The maximum atomic E-state index is 16.0. The topological polar surface area (TPSA) is 740 Å². The fourth-order valence-corrected chi connectivity index (χ4v) is 22.5. The van der Waals surface area contributed by atoms with Gasteiger partial charge < -0.3 is 133 Å². The van der Waals surface area contributed by atoms with Gasteiger partial charge in [0.2, 0.25) is 17.8 Å². The van der Waals surface area contributed by atoms with Gasteiger partial charge >= 0.3 is 41.5 Å². The number of thiol groups is 1. The second-order valence-electron chi connectivity index (χ2n) is 31.0. The number of nitrogens with zero attached hydrogens (tertiary/aromatic N) is 18. The number of phosphoric acid groups is 1. The highest BCUT2D eigenvalue weighted by Crippen LogP contribution is 2.60. The van der Waals surface area contributed by atoms with Gasteiger partial charge in [0.05, 0.1) is 87.0 Å². The normalized spacial score (nSPS) is 30.7. The zero-order valence-corrected chi connectivity index (χ0v) is 80.1. The highest BCUT2D eigenvalue weighted by Gasteiger charge is 2.58. The number of hydrogen-bond acceptors (Lipinski definition) is 45. The summed E-state index contributed by atoms with van der Waals surface area (Å²) in [6.07, 6.45) is -7.87. The summed E-state index contributed by atoms with van der Waals surface area (Å²) < 4.78 is 224. The standard InChI is InChI=1S/C23H23F2N9O9P2S2.C22H27F2N9O10P2S.C22H27F2N9O9P2S2/c1-2-23-6-39-45(37,47)43-16-14(25)10(40-21(16)34-8-30-15-19(34)31-22(27)32-20(15)35)5-38-44(36,46)42-11(23)3-12(41-23)33-4-9(24)13-17(26)28-7-29-18(13)33;1-38-45(37,46)40-6-11-14(24)16(21(42-11)33-8-29-15-19(33)30-22(26)31-20(15)34)43-44(35,36)39-5-9-2-3-12(41-9)32-4-10(23)13-17(25)27-7-28-18(13)32;1-37-43(35,45)39-6-11-14(24)16(21(41-11)33-8-29-15-19(33)30-22(26)31-20(15)34)42-44(36,46)38-5-9-2-3-12(40-9)32-4-10(23)13-17(25)27-7-28-18(13)32/h1,4,7-8,10-12,14,16,21H,3,5-6H2,(H,36,46)(H,37,47)(H2,26,28,29)(H3,27,31,32,35);4,7-9,11-12,14,16,21H,2-3,5-6H2,1H3,(H,35,36)(H,37,46)(H2,25,27,28)(H3,26,30,31,34);4,7-9,11-12,14,16,21H,2-3,5-6H2,1H3,(H,35,45)(H,36,46)(H2,25,27,28)(H3,26,30,31,34)/t10-,11+,12-,14-,16-,21-,23-,44?,45?;9-,11+,12+,14+,16+,21+,45?;9-,11+,12+,14+,16+,21+,43?,44?/m100/s1. The molecule has 72 heteroatoms. The number of terminal acetylenes is 1. The summed E-state index contributed by atoms with van der Waals surface area (Å²) in [6, 6.07) is 0. The van der Waals surface area contributed by atoms with Gasteiger partial charge in [-0.15, -0.1) is 6.42 Å². The first-order valence-corrected chi connectivity index (χ1v) is 54.8. The summed E-state index contributed by atoms with van der Waals surface area (Å²) in [4.78, 5) is 145. The Kier molecular flexibility index (Phi) is 29.2. The van der Waals surface area contributed by atoms with Crippen molar-refractivity contribution in [3.8, 4) is 12.3 Å². The fourth-order valence-electron chi connectivity index (χ4n) is 16.0. The minimum absolute atomic E-state index is 0.0144. The van der Waals surface area contributed by atoms with Crippen molar-refractivity contribution in [2.24, 2.45) is 0 Å². The van der Waals surface area contributed by atoms with Crippen molar-refractivity contribution < 1.29 is 143 Å². The molecule has 7 fully saturated rings. The van der Waals surface area contributed by atoms with E-state index in [1.54, 1.807) is 0 Å². The quantitative estimate of drug-likeness (QED) is 0.0176. The number of aromatic nitrogens is 21. The van der Waals surface area contributed by atoms with Crippen molar-refractivity contribution >= 4 is 203 Å². The van der Waals surface area contributed by atoms with E-state index in [0.29, 0.717) is 25.7 Å². The van der Waals surface area contributed by atoms with Crippen molar-refractivity contribution in [3.05, 3.63) is 105 Å². The number of imidazole rings is 3. The summed E-state index contributed by atoms with van der Waals surface area (Å²) in [6.45, 7) is -23.8. The van der Waals surface area contributed by atoms with E-state index < -0.39 is 225 Å². The molecule has 2 bridgehead atoms. The van der Waals surface area contributed by atoms with Gasteiger partial charge in [0, 0.05) is 39.2 Å². The van der Waals surface area contributed by atoms with Gasteiger partial charge in [0.1, 0.15) is 97.8 Å². The molecule has 0 spiro atoms. The molecular formula is C67H77F6N27O28P6S5. The lowest BCUT2D eigenvalue weighted by molar-refractivity contribution is -0.0894. The molecule has 750 valence electrons. The van der Waals surface area contributed by atoms with Crippen molar-refractivity contribution in [2.75, 3.05) is 88.3 Å². The number of aromatic amines is 3. The smallest absolute Gasteiger partial charge is 0.383 e. The molecule has 0 saturated carbocycles. The molecular weight excluding hydrogens is 2090 g/mol. The predicted molar refractivity (Wildman–Crippen MR) is 484 cm³/mol. The molecule has 6 unspecified atom stereocenters. The molecule has 19 rings (SSSR count). The third-order valence-corrected chi connectivity index (χ3v) is 31.5. The van der Waals surface area contributed by atoms with E-state index in [1.165, 1.54) is 43.3 Å². The first-order valence-electron chi connectivity index (χ1n) is 40.2. The number of alkyl halides is 3. The van der Waals surface area contributed by atoms with Crippen LogP contribution in [-0.2, 0) is 139 Å². The minimum Gasteiger partial charge on any atom is -0.383 e. The number of ether oxygens (including phenoxy) is 6. The Morgan fingerprint density at radius 1 is 0.540 bits per heavy atom. The maximum Gasteiger partial charge on any atom is 0.472 e. The number of hydrogen-bond donors (Lipinski definition) is 15. The minimum atomic E-state index is -5.05. The number of anilines is 6. The van der Waals surface area contributed by atoms with Gasteiger partial charge in [0.25, 0.3) is 16.7 Å². The Morgan fingerprint density at radius 3 is 1.42 bits per heavy atom. The van der Waals surface area contributed by atoms with E-state index >= 15 is 13.2 Å². The molecule has 19 heterocycles. The first-order chi connectivity index (χ1) is 65.7. The third-order valence-electron chi connectivity index (χ3n) is 22.4. The molecule has 20 N–H and O–H groups in total. The lowest BCUT2D eigenvalue weighted by Gasteiger charge is -2.32. The molecule has 0 radical (unpaired) electrons. The molecule has 0 amide bonds. The number of H-pyrrole nitrogens is 3. The average molecular weight is 2170 g/mol. The van der Waals surface area contributed by atoms with Crippen LogP contribution in [0.1, 0.15) is 69.5 Å². The zero-order chi connectivity index (χ0) is 99.4. The summed E-state index contributed by atoms with van der Waals surface area (Å²) >= 11 is 24.2. The number of nitrogens with one attached hydrogen (secondary N) is 3. The lowest BCUT2D eigenvalue weighted by Crippen LogP contribution is -2.43. The molecule has 55 nitrogen and oxygen atoms in total. The summed E-state index contributed by atoms with van der Waals surface area (Å²) in [5.74, 6) is -0.567. The lowest BCUT2D eigenvalue weighted by atomic mass is 9.99. The molecule has 25 atom stereocenters. The van der Waals surface area contributed by atoms with Crippen LogP contribution in [0.3, 0.4) is 0 Å². The molecule has 0 aliphatic carbocycles. The molecule has 7 aliphatic rings. The van der Waals surface area contributed by atoms with Gasteiger partial charge in [-0.2, -0.15) is 15.0 Å². The zero-order valence-electron chi connectivity index (χ0n) is 70.6. The Balaban J connectivity index is 0.000000144. The van der Waals surface area contributed by atoms with Crippen molar-refractivity contribution in [3.63, 3.8) is 0 Å². The monoisotopic (exact) mass is 2170 g/mol. The van der Waals surface area contributed by atoms with Crippen LogP contribution < -0.4 is 51.1 Å². The van der Waals surface area contributed by atoms with E-state index in [-0.39, 0.29) is 115 Å². The Morgan fingerprint density at radius 2 is 0.964 bits per heavy atom. The van der Waals surface area contributed by atoms with Crippen LogP contribution in [0.15, 0.2) is 70.9 Å². The van der Waals surface area contributed by atoms with Crippen LogP contribution in [0.5, 0.6) is 0 Å². The van der Waals surface area contributed by atoms with Crippen LogP contribution in [0, 0.1) is 29.8 Å². The van der Waals surface area contributed by atoms with Crippen molar-refractivity contribution in [1.29, 1.82) is 0 Å². The van der Waals surface area contributed by atoms with E-state index in [9.17, 15) is 61.2 Å². The van der Waals surface area contributed by atoms with Crippen LogP contribution in [0.2, 0.25) is 0 Å². The Labute approximate surface area is 797 Å². The van der Waals surface area contributed by atoms with E-state index in [0.717, 1.165) is 54.9 Å². The van der Waals surface area contributed by atoms with Crippen LogP contribution in [0.25, 0.3) is 66.6 Å². The molecule has 7 aliphatic heterocycles. The van der Waals surface area contributed by atoms with Gasteiger partial charge in [-0.05, 0) is 72.9 Å². The third kappa shape index (κ3) is 21.1. The average Bonchev–Trinajstić information content (AvgIpc) is 1.60. The largest absolute Gasteiger partial charge is 0.472 e. The number of fused-ring (bicyclic) bond motifs is 9. The number of nitrogens with two attached hydrogens (primary N) is 6. The predicted octanol–water partition coefficient (Wildman–Crippen LogP) is 3.91. The molecule has 12 aromatic heterocycles. The van der Waals surface area contributed by atoms with E-state index in [4.69, 9.17) is 166 Å². The van der Waals surface area contributed by atoms with Gasteiger partial charge in [-0.25, -0.2) is 80.3 Å². The SMILES string of the molecule is C#C[C@@]12COP(O)(=S)O[C@@H]3[C@H](F)[C@@H](COP(O)(=S)O[C@H]1C[C@H](n1cc(F)c4c(N)ncnc41)O2)O[C@H]3n1cnc2c(=O)[nH]c(N)nc21.COP(=O)(S)OC[C@H]1O[C@@H](n2cnc3c(=O)[nH]c(N)nc32)[C@H](OP(O)(=S)OC[C@@H]2CC[C@H](n3cc(F)c4c(N)ncnc43)O2)[C@@H]1F.COP(O)(=S)OC[C@H]1O[C@@H](n2cnc3c(=O)[nH]c(N)nc32)[C@H](OP(=O)(O)OC[C@@H]2CC[C@H](n3cc(F)c4c(N)ncnc43)O2)[C@@H]1F. The Hall–Kier alpha value is -8.66. The molecule has 7 saturated heterocycles. The van der Waals surface area contributed by atoms with Crippen molar-refractivity contribution in [1.82, 2.24) is 102 Å². The summed E-state index contributed by atoms with van der Waals surface area (Å²) in [5.41, 5.74) is 30.2. The van der Waals surface area contributed by atoms with Crippen LogP contribution >= 0.6 is 53.7 Å². The van der Waals surface area contributed by atoms with E-state index in [1.807, 2.05) is 0 Å². The second-order valence-corrected chi connectivity index (χ2v) is 46.8. The van der Waals surface area contributed by atoms with Crippen LogP contribution in [0.4, 0.5) is 61.6 Å². The summed E-state index contributed by atoms with van der Waals surface area (Å²) in [7, 11) is -2.86. The van der Waals surface area contributed by atoms with Crippen molar-refractivity contribution in [2.45, 2.75) is 149 Å². The maximum absolute atomic E-state index is 16.0. The van der Waals surface area contributed by atoms with Gasteiger partial charge in [-0.3, -0.25) is 65.7 Å². The Bertz CT molecular complexity index is 7030. The van der Waals surface area contributed by atoms with Crippen LogP contribution in [-0.4, -0.2) is 260 Å². The van der Waals surface area contributed by atoms with Gasteiger partial charge in [-0.1, -0.05) is 18.2 Å². The second kappa shape index (κ2) is 39.8. The number of phosphoric ester groups is 1. The fraction of sp³-hybridized carbons (Fsp3) is 0.478. The van der Waals surface area contributed by atoms with E-state index in [2.05, 4.69) is 97.5 Å². The highest BCUT2D eigenvalue weighted by molar-refractivity contribution is 8.44. The summed E-state index contributed by atoms with van der Waals surface area (Å²) in [5, 5.41) is 0.0287. The first kappa shape index (κ1) is 102. The molecule has 12 aromatic rings. The number of nitrogen functional groups attached to an aromatic ring is 6. The number of rotatable bonds is 24.